The van der Waals surface area contributed by atoms with Gasteiger partial charge in [0.2, 0.25) is 0 Å². The summed E-state index contributed by atoms with van der Waals surface area (Å²) in [4.78, 5) is 21.6. The van der Waals surface area contributed by atoms with E-state index < -0.39 is 10.0 Å². The molecule has 0 spiro atoms. The first-order valence-corrected chi connectivity index (χ1v) is 11.6. The second-order valence-corrected chi connectivity index (χ2v) is 9.51. The van der Waals surface area contributed by atoms with Crippen molar-refractivity contribution in [3.63, 3.8) is 0 Å². The van der Waals surface area contributed by atoms with E-state index in [1.165, 1.54) is 24.5 Å². The van der Waals surface area contributed by atoms with Crippen molar-refractivity contribution in [1.29, 1.82) is 0 Å². The summed E-state index contributed by atoms with van der Waals surface area (Å²) in [6.07, 6.45) is 3.05. The molecule has 0 amide bonds. The quantitative estimate of drug-likeness (QED) is 0.406. The van der Waals surface area contributed by atoms with E-state index in [0.717, 1.165) is 0 Å². The highest BCUT2D eigenvalue weighted by Crippen LogP contribution is 2.29. The number of ketones is 1. The van der Waals surface area contributed by atoms with Crippen LogP contribution in [-0.4, -0.2) is 28.7 Å². The first kappa shape index (κ1) is 21.8. The summed E-state index contributed by atoms with van der Waals surface area (Å²) < 4.78 is 29.8. The van der Waals surface area contributed by atoms with Crippen LogP contribution in [0.15, 0.2) is 66.0 Å². The van der Waals surface area contributed by atoms with Crippen LogP contribution in [0.25, 0.3) is 11.0 Å². The second kappa shape index (κ2) is 8.25. The lowest BCUT2D eigenvalue weighted by Crippen LogP contribution is -2.14. The summed E-state index contributed by atoms with van der Waals surface area (Å²) in [7, 11) is -3.94. The Morgan fingerprint density at radius 3 is 2.59 bits per heavy atom. The Morgan fingerprint density at radius 2 is 1.88 bits per heavy atom. The van der Waals surface area contributed by atoms with E-state index >= 15 is 0 Å². The molecule has 2 heterocycles. The summed E-state index contributed by atoms with van der Waals surface area (Å²) >= 11 is 6.04. The minimum Gasteiger partial charge on any atom is -0.383 e. The maximum absolute atomic E-state index is 13.4. The number of hydrogen-bond donors (Lipinski definition) is 2. The first-order valence-electron chi connectivity index (χ1n) is 9.72. The molecule has 0 saturated heterocycles. The molecule has 0 saturated carbocycles. The minimum absolute atomic E-state index is 0.0436. The van der Waals surface area contributed by atoms with Crippen LogP contribution in [-0.2, 0) is 10.0 Å². The van der Waals surface area contributed by atoms with E-state index in [1.54, 1.807) is 36.5 Å². The molecule has 0 unspecified atom stereocenters. The van der Waals surface area contributed by atoms with E-state index in [-0.39, 0.29) is 38.8 Å². The largest absolute Gasteiger partial charge is 0.383 e. The molecule has 0 atom stereocenters. The van der Waals surface area contributed by atoms with Crippen LogP contribution in [0.2, 0.25) is 5.02 Å². The molecule has 0 aliphatic rings. The number of hydrogen-bond acceptors (Lipinski definition) is 6. The van der Waals surface area contributed by atoms with Gasteiger partial charge in [-0.3, -0.25) is 9.52 Å². The zero-order valence-electron chi connectivity index (χ0n) is 17.3. The third kappa shape index (κ3) is 3.92. The zero-order chi connectivity index (χ0) is 23.0. The van der Waals surface area contributed by atoms with Crippen molar-refractivity contribution in [2.75, 3.05) is 10.5 Å². The van der Waals surface area contributed by atoms with E-state index in [4.69, 9.17) is 17.3 Å². The van der Waals surface area contributed by atoms with Crippen molar-refractivity contribution in [2.45, 2.75) is 24.8 Å². The SMILES string of the molecule is CC(C)n1cc(C(=O)c2cccc(NS(=O)(=O)c3ccccc3Cl)c2)c2c(N)ncnc21. The lowest BCUT2D eigenvalue weighted by Gasteiger charge is -2.10. The standard InChI is InChI=1S/C22H20ClN5O3S/c1-13(2)28-11-16(19-21(24)25-12-26-22(19)28)20(29)14-6-5-7-15(10-14)27-32(30,31)18-9-4-3-8-17(18)23/h3-13,27H,1-2H3,(H2,24,25,26). The van der Waals surface area contributed by atoms with Crippen LogP contribution in [0.1, 0.15) is 35.8 Å². The van der Waals surface area contributed by atoms with Crippen molar-refractivity contribution in [2.24, 2.45) is 0 Å². The highest BCUT2D eigenvalue weighted by Gasteiger charge is 2.22. The average molecular weight is 470 g/mol. The molecule has 4 rings (SSSR count). The number of nitrogens with two attached hydrogens (primary N) is 1. The third-order valence-electron chi connectivity index (χ3n) is 4.94. The number of carbonyl (C=O) groups is 1. The summed E-state index contributed by atoms with van der Waals surface area (Å²) in [5, 5.41) is 0.567. The maximum atomic E-state index is 13.4. The van der Waals surface area contributed by atoms with Gasteiger partial charge in [-0.25, -0.2) is 18.4 Å². The summed E-state index contributed by atoms with van der Waals surface area (Å²) in [6, 6.07) is 12.4. The minimum atomic E-state index is -3.94. The number of sulfonamides is 1. The van der Waals surface area contributed by atoms with Crippen molar-refractivity contribution < 1.29 is 13.2 Å². The number of carbonyl (C=O) groups excluding carboxylic acids is 1. The highest BCUT2D eigenvalue weighted by atomic mass is 35.5. The number of aromatic nitrogens is 3. The van der Waals surface area contributed by atoms with Crippen LogP contribution in [0, 0.1) is 0 Å². The molecule has 2 aromatic heterocycles. The first-order chi connectivity index (χ1) is 15.2. The third-order valence-corrected chi connectivity index (χ3v) is 6.82. The van der Waals surface area contributed by atoms with Crippen LogP contribution >= 0.6 is 11.6 Å². The molecule has 0 bridgehead atoms. The lowest BCUT2D eigenvalue weighted by molar-refractivity contribution is 0.104. The van der Waals surface area contributed by atoms with Crippen LogP contribution in [0.3, 0.4) is 0 Å². The fourth-order valence-electron chi connectivity index (χ4n) is 3.43. The van der Waals surface area contributed by atoms with Gasteiger partial charge in [-0.2, -0.15) is 0 Å². The van der Waals surface area contributed by atoms with Crippen LogP contribution in [0.4, 0.5) is 11.5 Å². The average Bonchev–Trinajstić information content (AvgIpc) is 3.14. The molecular weight excluding hydrogens is 450 g/mol. The van der Waals surface area contributed by atoms with E-state index in [9.17, 15) is 13.2 Å². The van der Waals surface area contributed by atoms with Crippen LogP contribution in [0.5, 0.6) is 0 Å². The number of anilines is 2. The smallest absolute Gasteiger partial charge is 0.263 e. The molecule has 8 nitrogen and oxygen atoms in total. The number of benzene rings is 2. The Hall–Kier alpha value is -3.43. The van der Waals surface area contributed by atoms with Gasteiger partial charge in [-0.05, 0) is 38.1 Å². The number of nitrogens with one attached hydrogen (secondary N) is 1. The van der Waals surface area contributed by atoms with E-state index in [2.05, 4.69) is 14.7 Å². The Balaban J connectivity index is 1.74. The molecule has 0 aliphatic carbocycles. The predicted octanol–water partition coefficient (Wildman–Crippen LogP) is 4.28. The lowest BCUT2D eigenvalue weighted by atomic mass is 10.0. The number of halogens is 1. The number of nitrogens with zero attached hydrogens (tertiary/aromatic N) is 3. The predicted molar refractivity (Wildman–Crippen MR) is 124 cm³/mol. The van der Waals surface area contributed by atoms with Crippen LogP contribution < -0.4 is 10.5 Å². The summed E-state index contributed by atoms with van der Waals surface area (Å²) in [6.45, 7) is 3.94. The summed E-state index contributed by atoms with van der Waals surface area (Å²) in [5.41, 5.74) is 7.48. The van der Waals surface area contributed by atoms with Gasteiger partial charge in [0, 0.05) is 23.5 Å². The molecular formula is C22H20ClN5O3S. The van der Waals surface area contributed by atoms with Gasteiger partial charge in [0.15, 0.2) is 5.78 Å². The Bertz CT molecular complexity index is 1450. The molecule has 32 heavy (non-hydrogen) atoms. The van der Waals surface area contributed by atoms with E-state index in [0.29, 0.717) is 16.6 Å². The zero-order valence-corrected chi connectivity index (χ0v) is 18.9. The number of rotatable bonds is 6. The molecule has 0 radical (unpaired) electrons. The number of fused-ring (bicyclic) bond motifs is 1. The van der Waals surface area contributed by atoms with Gasteiger partial charge in [-0.1, -0.05) is 35.9 Å². The fourth-order valence-corrected chi connectivity index (χ4v) is 5.00. The van der Waals surface area contributed by atoms with Gasteiger partial charge >= 0.3 is 0 Å². The maximum Gasteiger partial charge on any atom is 0.263 e. The normalized spacial score (nSPS) is 11.8. The van der Waals surface area contributed by atoms with Crippen molar-refractivity contribution >= 4 is 49.9 Å². The molecule has 0 aliphatic heterocycles. The second-order valence-electron chi connectivity index (χ2n) is 7.45. The molecule has 164 valence electrons. The van der Waals surface area contributed by atoms with Crippen molar-refractivity contribution in [3.8, 4) is 0 Å². The molecule has 2 aromatic carbocycles. The van der Waals surface area contributed by atoms with Crippen molar-refractivity contribution in [1.82, 2.24) is 14.5 Å². The molecule has 0 fully saturated rings. The van der Waals surface area contributed by atoms with Gasteiger partial charge in [0.05, 0.1) is 16.0 Å². The molecule has 10 heteroatoms. The summed E-state index contributed by atoms with van der Waals surface area (Å²) in [5.74, 6) is -0.122. The fraction of sp³-hybridized carbons (Fsp3) is 0.136. The van der Waals surface area contributed by atoms with E-state index in [1.807, 2.05) is 18.4 Å². The Morgan fingerprint density at radius 1 is 1.12 bits per heavy atom. The topological polar surface area (TPSA) is 120 Å². The Kier molecular flexibility index (Phi) is 5.62. The Labute approximate surface area is 190 Å². The highest BCUT2D eigenvalue weighted by molar-refractivity contribution is 7.92. The monoisotopic (exact) mass is 469 g/mol. The van der Waals surface area contributed by atoms with Crippen molar-refractivity contribution in [3.05, 3.63) is 77.2 Å². The number of nitrogen functional groups attached to an aromatic ring is 1. The van der Waals surface area contributed by atoms with Gasteiger partial charge in [-0.15, -0.1) is 0 Å². The molecule has 4 aromatic rings. The van der Waals surface area contributed by atoms with Gasteiger partial charge in [0.1, 0.15) is 22.7 Å². The van der Waals surface area contributed by atoms with Gasteiger partial charge < -0.3 is 10.3 Å². The van der Waals surface area contributed by atoms with Gasteiger partial charge in [0.25, 0.3) is 10.0 Å². The molecule has 3 N–H and O–H groups in total.